The fraction of sp³-hybridized carbons (Fsp3) is 0.552. The summed E-state index contributed by atoms with van der Waals surface area (Å²) >= 11 is 0. The smallest absolute Gasteiger partial charge is 0.311 e. The van der Waals surface area contributed by atoms with E-state index < -0.39 is 12.0 Å². The quantitative estimate of drug-likeness (QED) is 0.438. The number of carbonyl (C=O) groups excluding carboxylic acids is 1. The Hall–Kier alpha value is -2.97. The van der Waals surface area contributed by atoms with Gasteiger partial charge in [-0.25, -0.2) is 4.98 Å². The molecule has 1 aliphatic heterocycles. The van der Waals surface area contributed by atoms with Crippen LogP contribution in [-0.2, 0) is 34.3 Å². The van der Waals surface area contributed by atoms with E-state index in [9.17, 15) is 14.7 Å². The highest BCUT2D eigenvalue weighted by Crippen LogP contribution is 2.29. The van der Waals surface area contributed by atoms with Gasteiger partial charge in [-0.1, -0.05) is 6.07 Å². The number of ether oxygens (including phenoxy) is 2. The van der Waals surface area contributed by atoms with Crippen LogP contribution in [0.1, 0.15) is 51.2 Å². The lowest BCUT2D eigenvalue weighted by molar-refractivity contribution is -0.156. The van der Waals surface area contributed by atoms with E-state index in [0.29, 0.717) is 24.3 Å². The van der Waals surface area contributed by atoms with E-state index in [1.165, 1.54) is 0 Å². The van der Waals surface area contributed by atoms with E-state index in [-0.39, 0.29) is 17.6 Å². The molecule has 0 saturated carbocycles. The molecule has 8 nitrogen and oxygen atoms in total. The highest BCUT2D eigenvalue weighted by molar-refractivity contribution is 5.81. The second-order valence-electron chi connectivity index (χ2n) is 10.6. The molecule has 8 heteroatoms. The Balaban J connectivity index is 1.67. The standard InChI is InChI=1S/C29H39N3O5/c1-18(2)37-29(35)24(20(4)33)8-6-21-7-9-26-25(15-21)30-27(23-14-19(3)28(34)31(5)17-23)32(26)16-22-10-12-36-13-11-22/h7,9,14-15,17-18,20,22,24,33H,6,8,10-13,16H2,1-5H3/t20-,24+/m1/s1. The molecule has 1 N–H and O–H groups in total. The maximum absolute atomic E-state index is 12.5. The maximum atomic E-state index is 12.5. The van der Waals surface area contributed by atoms with Crippen molar-refractivity contribution in [3.63, 3.8) is 0 Å². The normalized spacial score (nSPS) is 16.3. The van der Waals surface area contributed by atoms with Crippen LogP contribution < -0.4 is 5.56 Å². The predicted molar refractivity (Wildman–Crippen MR) is 143 cm³/mol. The molecule has 0 amide bonds. The monoisotopic (exact) mass is 509 g/mol. The van der Waals surface area contributed by atoms with E-state index in [4.69, 9.17) is 14.5 Å². The molecule has 1 aliphatic rings. The van der Waals surface area contributed by atoms with E-state index in [1.807, 2.05) is 33.0 Å². The Morgan fingerprint density at radius 2 is 1.95 bits per heavy atom. The van der Waals surface area contributed by atoms with Crippen LogP contribution in [0.3, 0.4) is 0 Å². The van der Waals surface area contributed by atoms with Crippen molar-refractivity contribution in [1.29, 1.82) is 0 Å². The minimum atomic E-state index is -0.784. The van der Waals surface area contributed by atoms with E-state index in [2.05, 4.69) is 22.8 Å². The molecule has 200 valence electrons. The molecule has 0 aliphatic carbocycles. The molecule has 0 spiro atoms. The zero-order chi connectivity index (χ0) is 26.7. The number of aryl methyl sites for hydroxylation is 3. The number of benzene rings is 1. The van der Waals surface area contributed by atoms with Gasteiger partial charge < -0.3 is 23.7 Å². The molecule has 1 fully saturated rings. The van der Waals surface area contributed by atoms with E-state index in [0.717, 1.165) is 60.6 Å². The predicted octanol–water partition coefficient (Wildman–Crippen LogP) is 4.02. The number of hydrogen-bond acceptors (Lipinski definition) is 6. The van der Waals surface area contributed by atoms with Gasteiger partial charge in [-0.2, -0.15) is 0 Å². The molecule has 3 heterocycles. The fourth-order valence-corrected chi connectivity index (χ4v) is 5.12. The first-order valence-electron chi connectivity index (χ1n) is 13.3. The van der Waals surface area contributed by atoms with Crippen molar-refractivity contribution in [2.24, 2.45) is 18.9 Å². The molecule has 1 aromatic carbocycles. The fourth-order valence-electron chi connectivity index (χ4n) is 5.12. The number of rotatable bonds is 9. The minimum Gasteiger partial charge on any atom is -0.463 e. The number of imidazole rings is 1. The number of pyridine rings is 1. The highest BCUT2D eigenvalue weighted by Gasteiger charge is 2.26. The van der Waals surface area contributed by atoms with Crippen molar-refractivity contribution in [1.82, 2.24) is 14.1 Å². The Morgan fingerprint density at radius 3 is 2.59 bits per heavy atom. The third-order valence-corrected chi connectivity index (χ3v) is 7.20. The number of aliphatic hydroxyl groups is 1. The van der Waals surface area contributed by atoms with Crippen molar-refractivity contribution in [2.75, 3.05) is 13.2 Å². The number of fused-ring (bicyclic) bond motifs is 1. The number of aromatic nitrogens is 3. The Bertz CT molecular complexity index is 1270. The van der Waals surface area contributed by atoms with Gasteiger partial charge in [0, 0.05) is 44.1 Å². The molecule has 0 unspecified atom stereocenters. The summed E-state index contributed by atoms with van der Waals surface area (Å²) in [5, 5.41) is 10.2. The SMILES string of the molecule is Cc1cc(-c2nc3cc(CC[C@H](C(=O)OC(C)C)[C@@H](C)O)ccc3n2CC2CCOCC2)cn(C)c1=O. The van der Waals surface area contributed by atoms with Crippen LogP contribution in [0.4, 0.5) is 0 Å². The first kappa shape index (κ1) is 27.1. The molecular formula is C29H39N3O5. The van der Waals surface area contributed by atoms with Crippen LogP contribution in [0, 0.1) is 18.8 Å². The summed E-state index contributed by atoms with van der Waals surface area (Å²) in [6.45, 7) is 9.48. The average molecular weight is 510 g/mol. The molecule has 37 heavy (non-hydrogen) atoms. The van der Waals surface area contributed by atoms with Crippen LogP contribution in [0.15, 0.2) is 35.3 Å². The van der Waals surface area contributed by atoms with Crippen LogP contribution >= 0.6 is 0 Å². The molecular weight excluding hydrogens is 470 g/mol. The van der Waals surface area contributed by atoms with Gasteiger partial charge >= 0.3 is 5.97 Å². The lowest BCUT2D eigenvalue weighted by atomic mass is 9.95. The van der Waals surface area contributed by atoms with E-state index in [1.54, 1.807) is 18.5 Å². The van der Waals surface area contributed by atoms with Crippen molar-refractivity contribution >= 4 is 17.0 Å². The molecule has 2 atom stereocenters. The first-order chi connectivity index (χ1) is 17.6. The van der Waals surface area contributed by atoms with Gasteiger partial charge in [-0.15, -0.1) is 0 Å². The Kier molecular flexibility index (Phi) is 8.49. The number of esters is 1. The number of aliphatic hydroxyl groups excluding tert-OH is 1. The highest BCUT2D eigenvalue weighted by atomic mass is 16.5. The van der Waals surface area contributed by atoms with Crippen molar-refractivity contribution in [3.8, 4) is 11.4 Å². The minimum absolute atomic E-state index is 0.0122. The zero-order valence-electron chi connectivity index (χ0n) is 22.6. The third kappa shape index (κ3) is 6.30. The molecule has 3 aromatic rings. The summed E-state index contributed by atoms with van der Waals surface area (Å²) in [7, 11) is 1.77. The third-order valence-electron chi connectivity index (χ3n) is 7.20. The van der Waals surface area contributed by atoms with Gasteiger partial charge in [0.1, 0.15) is 5.82 Å². The molecule has 0 radical (unpaired) electrons. The second kappa shape index (κ2) is 11.6. The van der Waals surface area contributed by atoms with Crippen LogP contribution in [-0.4, -0.2) is 50.6 Å². The Labute approximate surface area is 218 Å². The maximum Gasteiger partial charge on any atom is 0.311 e. The topological polar surface area (TPSA) is 95.6 Å². The number of hydrogen-bond donors (Lipinski definition) is 1. The zero-order valence-corrected chi connectivity index (χ0v) is 22.6. The van der Waals surface area contributed by atoms with Crippen LogP contribution in [0.25, 0.3) is 22.4 Å². The Morgan fingerprint density at radius 1 is 1.22 bits per heavy atom. The summed E-state index contributed by atoms with van der Waals surface area (Å²) in [6, 6.07) is 8.16. The first-order valence-corrected chi connectivity index (χ1v) is 13.3. The van der Waals surface area contributed by atoms with Gasteiger partial charge in [0.05, 0.1) is 29.2 Å². The largest absolute Gasteiger partial charge is 0.463 e. The van der Waals surface area contributed by atoms with Gasteiger partial charge in [-0.05, 0) is 83.1 Å². The lowest BCUT2D eigenvalue weighted by Gasteiger charge is -2.23. The average Bonchev–Trinajstić information content (AvgIpc) is 3.19. The van der Waals surface area contributed by atoms with Gasteiger partial charge in [0.25, 0.3) is 5.56 Å². The summed E-state index contributed by atoms with van der Waals surface area (Å²) in [6.07, 6.45) is 3.99. The van der Waals surface area contributed by atoms with Crippen LogP contribution in [0.2, 0.25) is 0 Å². The number of carbonyl (C=O) groups is 1. The molecule has 0 bridgehead atoms. The summed E-state index contributed by atoms with van der Waals surface area (Å²) in [5.41, 5.74) is 4.56. The molecule has 2 aromatic heterocycles. The van der Waals surface area contributed by atoms with Crippen LogP contribution in [0.5, 0.6) is 0 Å². The van der Waals surface area contributed by atoms with Crippen molar-refractivity contribution in [2.45, 2.75) is 72.1 Å². The van der Waals surface area contributed by atoms with Crippen molar-refractivity contribution < 1.29 is 19.4 Å². The summed E-state index contributed by atoms with van der Waals surface area (Å²) < 4.78 is 14.8. The van der Waals surface area contributed by atoms with Gasteiger partial charge in [0.2, 0.25) is 0 Å². The van der Waals surface area contributed by atoms with Gasteiger partial charge in [0.15, 0.2) is 0 Å². The molecule has 4 rings (SSSR count). The van der Waals surface area contributed by atoms with Crippen molar-refractivity contribution in [3.05, 3.63) is 51.9 Å². The number of nitrogens with zero attached hydrogens (tertiary/aromatic N) is 3. The molecule has 1 saturated heterocycles. The van der Waals surface area contributed by atoms with Gasteiger partial charge in [-0.3, -0.25) is 9.59 Å². The summed E-state index contributed by atoms with van der Waals surface area (Å²) in [5.74, 6) is 0.407. The van der Waals surface area contributed by atoms with E-state index >= 15 is 0 Å². The summed E-state index contributed by atoms with van der Waals surface area (Å²) in [4.78, 5) is 29.8. The second-order valence-corrected chi connectivity index (χ2v) is 10.6. The lowest BCUT2D eigenvalue weighted by Crippen LogP contribution is -2.30.